The molecule has 21 heavy (non-hydrogen) atoms. The van der Waals surface area contributed by atoms with Gasteiger partial charge in [-0.15, -0.1) is 0 Å². The van der Waals surface area contributed by atoms with Crippen molar-refractivity contribution in [3.8, 4) is 0 Å². The Morgan fingerprint density at radius 3 is 2.43 bits per heavy atom. The Bertz CT molecular complexity index is 714. The zero-order valence-corrected chi connectivity index (χ0v) is 12.3. The normalized spacial score (nSPS) is 19.7. The molecule has 2 N–H and O–H groups in total. The van der Waals surface area contributed by atoms with Crippen LogP contribution in [0.3, 0.4) is 0 Å². The van der Waals surface area contributed by atoms with Crippen molar-refractivity contribution in [1.82, 2.24) is 9.29 Å². The highest BCUT2D eigenvalue weighted by atomic mass is 32.2. The van der Waals surface area contributed by atoms with Crippen LogP contribution < -0.4 is 5.73 Å². The predicted molar refractivity (Wildman–Crippen MR) is 81.0 cm³/mol. The number of hydrogen-bond donors (Lipinski definition) is 1. The molecule has 1 aliphatic rings. The van der Waals surface area contributed by atoms with Crippen molar-refractivity contribution < 1.29 is 8.42 Å². The summed E-state index contributed by atoms with van der Waals surface area (Å²) in [6.07, 6.45) is 5.09. The van der Waals surface area contributed by atoms with Crippen LogP contribution in [0.25, 0.3) is 0 Å². The van der Waals surface area contributed by atoms with Gasteiger partial charge in [0.05, 0.1) is 10.9 Å². The second kappa shape index (κ2) is 5.46. The van der Waals surface area contributed by atoms with Crippen LogP contribution in [0.15, 0.2) is 53.7 Å². The van der Waals surface area contributed by atoms with Crippen molar-refractivity contribution >= 4 is 15.7 Å². The van der Waals surface area contributed by atoms with Gasteiger partial charge in [0.2, 0.25) is 10.0 Å². The lowest BCUT2D eigenvalue weighted by Crippen LogP contribution is -2.30. The molecule has 0 amide bonds. The first kappa shape index (κ1) is 14.0. The van der Waals surface area contributed by atoms with Gasteiger partial charge in [-0.2, -0.15) is 4.31 Å². The van der Waals surface area contributed by atoms with Crippen LogP contribution in [-0.4, -0.2) is 24.3 Å². The van der Waals surface area contributed by atoms with Gasteiger partial charge < -0.3 is 5.73 Å². The standard InChI is InChI=1S/C15H17N3O2S/c16-13-3-5-14(6-4-13)21(19,20)18-11-1-2-15(18)12-7-9-17-10-8-12/h3-10,15H,1-2,11,16H2. The minimum atomic E-state index is -3.50. The van der Waals surface area contributed by atoms with Crippen LogP contribution in [0.5, 0.6) is 0 Å². The second-order valence-corrected chi connectivity index (χ2v) is 7.01. The van der Waals surface area contributed by atoms with E-state index < -0.39 is 10.0 Å². The molecule has 1 unspecified atom stereocenters. The fraction of sp³-hybridized carbons (Fsp3) is 0.267. The summed E-state index contributed by atoms with van der Waals surface area (Å²) in [5, 5.41) is 0. The molecule has 0 saturated carbocycles. The maximum atomic E-state index is 12.8. The van der Waals surface area contributed by atoms with Gasteiger partial charge in [0.15, 0.2) is 0 Å². The number of nitrogens with two attached hydrogens (primary N) is 1. The number of rotatable bonds is 3. The van der Waals surface area contributed by atoms with Crippen molar-refractivity contribution in [3.05, 3.63) is 54.4 Å². The number of benzene rings is 1. The molecule has 2 heterocycles. The lowest BCUT2D eigenvalue weighted by atomic mass is 10.1. The van der Waals surface area contributed by atoms with E-state index in [0.29, 0.717) is 12.2 Å². The Morgan fingerprint density at radius 2 is 1.76 bits per heavy atom. The molecular weight excluding hydrogens is 286 g/mol. The molecule has 5 nitrogen and oxygen atoms in total. The zero-order chi connectivity index (χ0) is 14.9. The zero-order valence-electron chi connectivity index (χ0n) is 11.5. The van der Waals surface area contributed by atoms with E-state index in [1.165, 1.54) is 0 Å². The molecule has 1 aromatic heterocycles. The van der Waals surface area contributed by atoms with Gasteiger partial charge in [-0.25, -0.2) is 8.42 Å². The summed E-state index contributed by atoms with van der Waals surface area (Å²) in [6.45, 7) is 0.541. The van der Waals surface area contributed by atoms with E-state index >= 15 is 0 Å². The van der Waals surface area contributed by atoms with Gasteiger partial charge in [0.25, 0.3) is 0 Å². The van der Waals surface area contributed by atoms with Gasteiger partial charge in [0.1, 0.15) is 0 Å². The van der Waals surface area contributed by atoms with E-state index in [2.05, 4.69) is 4.98 Å². The van der Waals surface area contributed by atoms with Crippen LogP contribution in [0, 0.1) is 0 Å². The molecule has 2 aromatic rings. The van der Waals surface area contributed by atoms with Crippen molar-refractivity contribution in [1.29, 1.82) is 0 Å². The lowest BCUT2D eigenvalue weighted by Gasteiger charge is -2.24. The molecule has 1 atom stereocenters. The van der Waals surface area contributed by atoms with E-state index in [0.717, 1.165) is 18.4 Å². The van der Waals surface area contributed by atoms with Gasteiger partial charge >= 0.3 is 0 Å². The topological polar surface area (TPSA) is 76.3 Å². The summed E-state index contributed by atoms with van der Waals surface area (Å²) in [4.78, 5) is 4.28. The summed E-state index contributed by atoms with van der Waals surface area (Å²) >= 11 is 0. The fourth-order valence-electron chi connectivity index (χ4n) is 2.72. The first-order chi connectivity index (χ1) is 10.1. The summed E-state index contributed by atoms with van der Waals surface area (Å²) in [5.41, 5.74) is 7.17. The number of nitrogen functional groups attached to an aromatic ring is 1. The number of aromatic nitrogens is 1. The van der Waals surface area contributed by atoms with E-state index in [4.69, 9.17) is 5.73 Å². The van der Waals surface area contributed by atoms with Crippen LogP contribution in [0.2, 0.25) is 0 Å². The van der Waals surface area contributed by atoms with E-state index in [1.54, 1.807) is 41.0 Å². The van der Waals surface area contributed by atoms with E-state index in [-0.39, 0.29) is 10.9 Å². The van der Waals surface area contributed by atoms with Crippen LogP contribution in [0.4, 0.5) is 5.69 Å². The average Bonchev–Trinajstić information content (AvgIpc) is 2.99. The highest BCUT2D eigenvalue weighted by Gasteiger charge is 2.35. The summed E-state index contributed by atoms with van der Waals surface area (Å²) in [5.74, 6) is 0. The maximum absolute atomic E-state index is 12.8. The van der Waals surface area contributed by atoms with Gasteiger partial charge in [-0.05, 0) is 54.8 Å². The van der Waals surface area contributed by atoms with Crippen molar-refractivity contribution in [3.63, 3.8) is 0 Å². The molecule has 0 spiro atoms. The number of pyridine rings is 1. The van der Waals surface area contributed by atoms with Gasteiger partial charge in [-0.1, -0.05) is 0 Å². The third-order valence-corrected chi connectivity index (χ3v) is 5.70. The highest BCUT2D eigenvalue weighted by Crippen LogP contribution is 2.36. The molecule has 0 radical (unpaired) electrons. The van der Waals surface area contributed by atoms with E-state index in [1.807, 2.05) is 12.1 Å². The first-order valence-corrected chi connectivity index (χ1v) is 8.30. The molecule has 1 saturated heterocycles. The smallest absolute Gasteiger partial charge is 0.243 e. The number of hydrogen-bond acceptors (Lipinski definition) is 4. The minimum Gasteiger partial charge on any atom is -0.399 e. The molecule has 1 fully saturated rings. The number of anilines is 1. The lowest BCUT2D eigenvalue weighted by molar-refractivity contribution is 0.396. The molecule has 1 aliphatic heterocycles. The molecule has 0 aliphatic carbocycles. The largest absolute Gasteiger partial charge is 0.399 e. The molecule has 110 valence electrons. The molecule has 0 bridgehead atoms. The van der Waals surface area contributed by atoms with Crippen LogP contribution in [0.1, 0.15) is 24.4 Å². The van der Waals surface area contributed by atoms with Crippen LogP contribution in [-0.2, 0) is 10.0 Å². The monoisotopic (exact) mass is 303 g/mol. The maximum Gasteiger partial charge on any atom is 0.243 e. The SMILES string of the molecule is Nc1ccc(S(=O)(=O)N2CCCC2c2ccncc2)cc1. The molecule has 3 rings (SSSR count). The quantitative estimate of drug-likeness (QED) is 0.882. The number of nitrogens with zero attached hydrogens (tertiary/aromatic N) is 2. The Balaban J connectivity index is 1.96. The van der Waals surface area contributed by atoms with E-state index in [9.17, 15) is 8.42 Å². The molecular formula is C15H17N3O2S. The van der Waals surface area contributed by atoms with Crippen molar-refractivity contribution in [2.24, 2.45) is 0 Å². The summed E-state index contributed by atoms with van der Waals surface area (Å²) in [7, 11) is -3.50. The second-order valence-electron chi connectivity index (χ2n) is 5.12. The first-order valence-electron chi connectivity index (χ1n) is 6.86. The summed E-state index contributed by atoms with van der Waals surface area (Å²) < 4.78 is 27.2. The Morgan fingerprint density at radius 1 is 1.10 bits per heavy atom. The molecule has 1 aromatic carbocycles. The minimum absolute atomic E-state index is 0.115. The van der Waals surface area contributed by atoms with Crippen LogP contribution >= 0.6 is 0 Å². The van der Waals surface area contributed by atoms with Gasteiger partial charge in [-0.3, -0.25) is 4.98 Å². The number of sulfonamides is 1. The Hall–Kier alpha value is -1.92. The Kier molecular flexibility index (Phi) is 3.65. The predicted octanol–water partition coefficient (Wildman–Crippen LogP) is 2.19. The third kappa shape index (κ3) is 2.64. The molecule has 6 heteroatoms. The average molecular weight is 303 g/mol. The van der Waals surface area contributed by atoms with Crippen molar-refractivity contribution in [2.75, 3.05) is 12.3 Å². The summed E-state index contributed by atoms with van der Waals surface area (Å²) in [6, 6.07) is 9.99. The fourth-order valence-corrected chi connectivity index (χ4v) is 4.40. The highest BCUT2D eigenvalue weighted by molar-refractivity contribution is 7.89. The van der Waals surface area contributed by atoms with Crippen molar-refractivity contribution in [2.45, 2.75) is 23.8 Å². The third-order valence-electron chi connectivity index (χ3n) is 3.78. The van der Waals surface area contributed by atoms with Gasteiger partial charge in [0, 0.05) is 24.6 Å². The Labute approximate surface area is 124 Å².